The Hall–Kier alpha value is -1.23. The third kappa shape index (κ3) is 2.79. The highest BCUT2D eigenvalue weighted by Crippen LogP contribution is 2.07. The first-order valence-corrected chi connectivity index (χ1v) is 3.92. The summed E-state index contributed by atoms with van der Waals surface area (Å²) in [6.07, 6.45) is 2.19. The van der Waals surface area contributed by atoms with Crippen molar-refractivity contribution < 1.29 is 4.92 Å². The van der Waals surface area contributed by atoms with Crippen molar-refractivity contribution in [2.24, 2.45) is 0 Å². The van der Waals surface area contributed by atoms with Gasteiger partial charge in [0.05, 0.1) is 10.6 Å². The molecule has 0 spiro atoms. The van der Waals surface area contributed by atoms with Crippen LogP contribution in [-0.4, -0.2) is 9.91 Å². The lowest BCUT2D eigenvalue weighted by Crippen LogP contribution is -1.84. The van der Waals surface area contributed by atoms with Gasteiger partial charge in [-0.15, -0.1) is 0 Å². The molecule has 12 heavy (non-hydrogen) atoms. The Bertz CT molecular complexity index is 325. The first-order chi connectivity index (χ1) is 5.68. The van der Waals surface area contributed by atoms with E-state index < -0.39 is 4.92 Å². The summed E-state index contributed by atoms with van der Waals surface area (Å²) >= 11 is 3.15. The van der Waals surface area contributed by atoms with Crippen LogP contribution in [0.3, 0.4) is 0 Å². The number of aromatic nitrogens is 1. The normalized spacial score (nSPS) is 10.4. The molecule has 1 aromatic rings. The topological polar surface area (TPSA) is 56.0 Å². The number of hydrogen-bond donors (Lipinski definition) is 0. The Morgan fingerprint density at radius 1 is 1.58 bits per heavy atom. The predicted octanol–water partition coefficient (Wildman–Crippen LogP) is 2.09. The third-order valence-corrected chi connectivity index (χ3v) is 1.55. The maximum absolute atomic E-state index is 9.94. The molecule has 0 aromatic carbocycles. The summed E-state index contributed by atoms with van der Waals surface area (Å²) in [5.41, 5.74) is 0.557. The van der Waals surface area contributed by atoms with Gasteiger partial charge in [0, 0.05) is 6.08 Å². The minimum Gasteiger partial charge on any atom is -0.259 e. The highest BCUT2D eigenvalue weighted by atomic mass is 79.9. The molecule has 62 valence electrons. The summed E-state index contributed by atoms with van der Waals surface area (Å²) in [4.78, 5) is 13.4. The van der Waals surface area contributed by atoms with Gasteiger partial charge < -0.3 is 0 Å². The average Bonchev–Trinajstić information content (AvgIpc) is 2.01. The van der Waals surface area contributed by atoms with Crippen molar-refractivity contribution in [2.75, 3.05) is 0 Å². The summed E-state index contributed by atoms with van der Waals surface area (Å²) in [5, 5.41) is 9.94. The lowest BCUT2D eigenvalue weighted by molar-refractivity contribution is -0.401. The second-order valence-corrected chi connectivity index (χ2v) is 2.80. The molecule has 0 aliphatic heterocycles. The Balaban J connectivity index is 2.83. The molecule has 1 aromatic heterocycles. The van der Waals surface area contributed by atoms with Gasteiger partial charge in [0.1, 0.15) is 4.60 Å². The lowest BCUT2D eigenvalue weighted by Gasteiger charge is -1.90. The fraction of sp³-hybridized carbons (Fsp3) is 0. The van der Waals surface area contributed by atoms with E-state index in [1.165, 1.54) is 6.08 Å². The van der Waals surface area contributed by atoms with E-state index in [2.05, 4.69) is 20.9 Å². The van der Waals surface area contributed by atoms with Crippen LogP contribution >= 0.6 is 15.9 Å². The van der Waals surface area contributed by atoms with Crippen LogP contribution in [-0.2, 0) is 0 Å². The largest absolute Gasteiger partial charge is 0.259 e. The molecule has 0 radical (unpaired) electrons. The van der Waals surface area contributed by atoms with Gasteiger partial charge in [0.2, 0.25) is 6.20 Å². The van der Waals surface area contributed by atoms with Crippen LogP contribution in [0.1, 0.15) is 5.69 Å². The average molecular weight is 229 g/mol. The van der Waals surface area contributed by atoms with Gasteiger partial charge in [-0.1, -0.05) is 6.07 Å². The molecule has 1 heterocycles. The molecule has 0 atom stereocenters. The van der Waals surface area contributed by atoms with E-state index in [1.807, 2.05) is 0 Å². The summed E-state index contributed by atoms with van der Waals surface area (Å²) < 4.78 is 0.660. The number of halogens is 1. The van der Waals surface area contributed by atoms with Gasteiger partial charge in [-0.2, -0.15) is 0 Å². The Kier molecular flexibility index (Phi) is 2.93. The van der Waals surface area contributed by atoms with Crippen LogP contribution in [0.4, 0.5) is 0 Å². The van der Waals surface area contributed by atoms with Crippen molar-refractivity contribution in [3.63, 3.8) is 0 Å². The van der Waals surface area contributed by atoms with Crippen LogP contribution in [0.5, 0.6) is 0 Å². The van der Waals surface area contributed by atoms with E-state index in [4.69, 9.17) is 0 Å². The van der Waals surface area contributed by atoms with Crippen molar-refractivity contribution in [1.82, 2.24) is 4.98 Å². The third-order valence-electron chi connectivity index (χ3n) is 1.10. The predicted molar refractivity (Wildman–Crippen MR) is 48.0 cm³/mol. The first kappa shape index (κ1) is 8.86. The van der Waals surface area contributed by atoms with Crippen LogP contribution < -0.4 is 0 Å². The van der Waals surface area contributed by atoms with Crippen LogP contribution in [0.25, 0.3) is 6.08 Å². The molecule has 1 rings (SSSR count). The number of nitrogens with zero attached hydrogens (tertiary/aromatic N) is 2. The molecule has 0 saturated heterocycles. The first-order valence-electron chi connectivity index (χ1n) is 3.13. The second-order valence-electron chi connectivity index (χ2n) is 1.99. The number of rotatable bonds is 2. The van der Waals surface area contributed by atoms with E-state index in [0.717, 1.165) is 6.20 Å². The van der Waals surface area contributed by atoms with Crippen molar-refractivity contribution in [3.8, 4) is 0 Å². The Labute approximate surface area is 77.2 Å². The standard InChI is InChI=1S/C7H5BrN2O2/c8-7-3-1-2-6(9-7)4-5-10(11)12/h1-5H/b5-4+. The zero-order chi connectivity index (χ0) is 8.97. The molecular weight excluding hydrogens is 224 g/mol. The fourth-order valence-electron chi connectivity index (χ4n) is 0.654. The van der Waals surface area contributed by atoms with Crippen molar-refractivity contribution >= 4 is 22.0 Å². The maximum atomic E-state index is 9.94. The molecular formula is C7H5BrN2O2. The zero-order valence-electron chi connectivity index (χ0n) is 5.98. The Morgan fingerprint density at radius 2 is 2.33 bits per heavy atom. The minimum absolute atomic E-state index is 0.525. The molecule has 4 nitrogen and oxygen atoms in total. The smallest absolute Gasteiger partial charge is 0.236 e. The molecule has 0 bridgehead atoms. The summed E-state index contributed by atoms with van der Waals surface area (Å²) in [5.74, 6) is 0. The summed E-state index contributed by atoms with van der Waals surface area (Å²) in [6.45, 7) is 0. The number of nitro groups is 1. The van der Waals surface area contributed by atoms with Gasteiger partial charge in [0.25, 0.3) is 0 Å². The second kappa shape index (κ2) is 3.96. The molecule has 0 aliphatic carbocycles. The maximum Gasteiger partial charge on any atom is 0.236 e. The quantitative estimate of drug-likeness (QED) is 0.443. The molecule has 0 unspecified atom stereocenters. The zero-order valence-corrected chi connectivity index (χ0v) is 7.56. The highest BCUT2D eigenvalue weighted by molar-refractivity contribution is 9.10. The van der Waals surface area contributed by atoms with Crippen LogP contribution in [0.15, 0.2) is 29.0 Å². The van der Waals surface area contributed by atoms with E-state index in [0.29, 0.717) is 10.3 Å². The fourth-order valence-corrected chi connectivity index (χ4v) is 1.01. The molecule has 0 saturated carbocycles. The van der Waals surface area contributed by atoms with Gasteiger partial charge in [-0.05, 0) is 28.1 Å². The van der Waals surface area contributed by atoms with Gasteiger partial charge in [0.15, 0.2) is 0 Å². The van der Waals surface area contributed by atoms with E-state index in [1.54, 1.807) is 18.2 Å². The SMILES string of the molecule is O=[N+]([O-])/C=C/c1cccc(Br)n1. The molecule has 0 aliphatic rings. The van der Waals surface area contributed by atoms with Crippen molar-refractivity contribution in [2.45, 2.75) is 0 Å². The summed E-state index contributed by atoms with van der Waals surface area (Å²) in [6, 6.07) is 5.20. The van der Waals surface area contributed by atoms with Gasteiger partial charge >= 0.3 is 0 Å². The molecule has 0 amide bonds. The highest BCUT2D eigenvalue weighted by Gasteiger charge is 1.92. The van der Waals surface area contributed by atoms with E-state index in [9.17, 15) is 10.1 Å². The molecule has 5 heteroatoms. The monoisotopic (exact) mass is 228 g/mol. The molecule has 0 N–H and O–H groups in total. The lowest BCUT2D eigenvalue weighted by atomic mass is 10.3. The van der Waals surface area contributed by atoms with E-state index in [-0.39, 0.29) is 0 Å². The number of pyridine rings is 1. The van der Waals surface area contributed by atoms with Gasteiger partial charge in [-0.3, -0.25) is 10.1 Å². The van der Waals surface area contributed by atoms with Crippen molar-refractivity contribution in [3.05, 3.63) is 44.8 Å². The number of hydrogen-bond acceptors (Lipinski definition) is 3. The minimum atomic E-state index is -0.525. The Morgan fingerprint density at radius 3 is 2.92 bits per heavy atom. The van der Waals surface area contributed by atoms with Gasteiger partial charge in [-0.25, -0.2) is 4.98 Å². The van der Waals surface area contributed by atoms with Crippen LogP contribution in [0.2, 0.25) is 0 Å². The van der Waals surface area contributed by atoms with Crippen LogP contribution in [0, 0.1) is 10.1 Å². The van der Waals surface area contributed by atoms with Crippen molar-refractivity contribution in [1.29, 1.82) is 0 Å². The molecule has 0 fully saturated rings. The van der Waals surface area contributed by atoms with E-state index >= 15 is 0 Å². The summed E-state index contributed by atoms with van der Waals surface area (Å²) in [7, 11) is 0.